The lowest BCUT2D eigenvalue weighted by Crippen LogP contribution is -2.32. The van der Waals surface area contributed by atoms with Gasteiger partial charge in [-0.05, 0) is 25.5 Å². The number of hydrogen-bond acceptors (Lipinski definition) is 5. The van der Waals surface area contributed by atoms with Gasteiger partial charge in [0.05, 0.1) is 9.82 Å². The van der Waals surface area contributed by atoms with Crippen LogP contribution in [-0.2, 0) is 10.0 Å². The molecule has 0 amide bonds. The largest absolute Gasteiger partial charge is 0.393 e. The first-order valence-electron chi connectivity index (χ1n) is 5.45. The summed E-state index contributed by atoms with van der Waals surface area (Å²) in [5, 5.41) is 10.7. The molecule has 0 heterocycles. The molecule has 8 heteroatoms. The van der Waals surface area contributed by atoms with Gasteiger partial charge in [-0.3, -0.25) is 10.1 Å². The number of rotatable bonds is 6. The van der Waals surface area contributed by atoms with Crippen molar-refractivity contribution in [2.75, 3.05) is 5.73 Å². The maximum atomic E-state index is 12.0. The van der Waals surface area contributed by atoms with E-state index < -0.39 is 20.6 Å². The van der Waals surface area contributed by atoms with Crippen molar-refractivity contribution in [3.63, 3.8) is 0 Å². The average Bonchev–Trinajstić information content (AvgIpc) is 2.28. The molecule has 1 aromatic carbocycles. The smallest absolute Gasteiger partial charge is 0.293 e. The molecule has 1 aromatic rings. The van der Waals surface area contributed by atoms with Crippen LogP contribution in [0.25, 0.3) is 0 Å². The van der Waals surface area contributed by atoms with E-state index in [9.17, 15) is 18.5 Å². The van der Waals surface area contributed by atoms with E-state index in [1.54, 1.807) is 13.0 Å². The fourth-order valence-corrected chi connectivity index (χ4v) is 2.76. The van der Waals surface area contributed by atoms with Gasteiger partial charge in [0.25, 0.3) is 5.69 Å². The number of nitrogens with zero attached hydrogens (tertiary/aromatic N) is 1. The highest BCUT2D eigenvalue weighted by Crippen LogP contribution is 2.24. The quantitative estimate of drug-likeness (QED) is 0.355. The van der Waals surface area contributed by atoms with E-state index in [0.29, 0.717) is 6.42 Å². The van der Waals surface area contributed by atoms with Crippen molar-refractivity contribution in [1.82, 2.24) is 4.72 Å². The SMILES string of the molecule is C=CCC(C)NS(=O)(=O)c1ccc(N)c([N+](=O)[O-])c1. The zero-order valence-electron chi connectivity index (χ0n) is 10.4. The van der Waals surface area contributed by atoms with Crippen LogP contribution < -0.4 is 10.5 Å². The Balaban J connectivity index is 3.12. The Morgan fingerprint density at radius 1 is 1.58 bits per heavy atom. The van der Waals surface area contributed by atoms with E-state index >= 15 is 0 Å². The average molecular weight is 285 g/mol. The molecule has 0 fully saturated rings. The molecule has 0 bridgehead atoms. The summed E-state index contributed by atoms with van der Waals surface area (Å²) in [4.78, 5) is 9.81. The van der Waals surface area contributed by atoms with Crippen LogP contribution in [0.15, 0.2) is 35.7 Å². The number of nitro groups is 1. The van der Waals surface area contributed by atoms with Gasteiger partial charge < -0.3 is 5.73 Å². The van der Waals surface area contributed by atoms with Gasteiger partial charge in [0.1, 0.15) is 5.69 Å². The predicted octanol–water partition coefficient (Wildman–Crippen LogP) is 1.42. The number of benzene rings is 1. The predicted molar refractivity (Wildman–Crippen MR) is 72.1 cm³/mol. The highest BCUT2D eigenvalue weighted by Gasteiger charge is 2.21. The Morgan fingerprint density at radius 2 is 2.21 bits per heavy atom. The van der Waals surface area contributed by atoms with Gasteiger partial charge in [-0.1, -0.05) is 6.08 Å². The number of nitrogens with two attached hydrogens (primary N) is 1. The third-order valence-electron chi connectivity index (χ3n) is 2.39. The van der Waals surface area contributed by atoms with Gasteiger partial charge in [-0.25, -0.2) is 13.1 Å². The van der Waals surface area contributed by atoms with E-state index in [1.807, 2.05) is 0 Å². The Hall–Kier alpha value is -1.93. The second kappa shape index (κ2) is 5.81. The molecule has 19 heavy (non-hydrogen) atoms. The number of nitrogens with one attached hydrogen (secondary N) is 1. The first-order valence-corrected chi connectivity index (χ1v) is 6.93. The summed E-state index contributed by atoms with van der Waals surface area (Å²) in [7, 11) is -3.81. The van der Waals surface area contributed by atoms with Crippen molar-refractivity contribution >= 4 is 21.4 Å². The number of hydrogen-bond donors (Lipinski definition) is 2. The third-order valence-corrected chi connectivity index (χ3v) is 3.97. The molecule has 0 aliphatic carbocycles. The van der Waals surface area contributed by atoms with Gasteiger partial charge in [-0.2, -0.15) is 0 Å². The minimum absolute atomic E-state index is 0.0805. The van der Waals surface area contributed by atoms with E-state index in [2.05, 4.69) is 11.3 Å². The third kappa shape index (κ3) is 3.76. The lowest BCUT2D eigenvalue weighted by atomic mass is 10.3. The molecule has 1 atom stereocenters. The van der Waals surface area contributed by atoms with E-state index in [4.69, 9.17) is 5.73 Å². The molecule has 0 aromatic heterocycles. The van der Waals surface area contributed by atoms with E-state index in [1.165, 1.54) is 12.1 Å². The molecule has 0 aliphatic rings. The van der Waals surface area contributed by atoms with Gasteiger partial charge in [-0.15, -0.1) is 6.58 Å². The molecule has 0 saturated heterocycles. The summed E-state index contributed by atoms with van der Waals surface area (Å²) in [6.45, 7) is 5.18. The molecule has 1 rings (SSSR count). The molecule has 0 saturated carbocycles. The minimum Gasteiger partial charge on any atom is -0.393 e. The van der Waals surface area contributed by atoms with Gasteiger partial charge >= 0.3 is 0 Å². The lowest BCUT2D eigenvalue weighted by molar-refractivity contribution is -0.384. The van der Waals surface area contributed by atoms with Gasteiger partial charge in [0.15, 0.2) is 0 Å². The summed E-state index contributed by atoms with van der Waals surface area (Å²) < 4.78 is 26.4. The van der Waals surface area contributed by atoms with Crippen LogP contribution in [0.4, 0.5) is 11.4 Å². The molecule has 0 aliphatic heterocycles. The van der Waals surface area contributed by atoms with Crippen LogP contribution in [0.2, 0.25) is 0 Å². The molecule has 0 radical (unpaired) electrons. The van der Waals surface area contributed by atoms with Crippen molar-refractivity contribution in [1.29, 1.82) is 0 Å². The van der Waals surface area contributed by atoms with Gasteiger partial charge in [0.2, 0.25) is 10.0 Å². The van der Waals surface area contributed by atoms with Crippen molar-refractivity contribution < 1.29 is 13.3 Å². The van der Waals surface area contributed by atoms with Crippen LogP contribution in [-0.4, -0.2) is 19.4 Å². The molecule has 3 N–H and O–H groups in total. The highest BCUT2D eigenvalue weighted by atomic mass is 32.2. The van der Waals surface area contributed by atoms with Gasteiger partial charge in [0, 0.05) is 12.1 Å². The molecule has 1 unspecified atom stereocenters. The van der Waals surface area contributed by atoms with Crippen molar-refractivity contribution in [3.05, 3.63) is 41.0 Å². The maximum Gasteiger partial charge on any atom is 0.293 e. The zero-order valence-corrected chi connectivity index (χ0v) is 11.2. The minimum atomic E-state index is -3.81. The Kier molecular flexibility index (Phi) is 4.62. The molecular formula is C11H15N3O4S. The first-order chi connectivity index (χ1) is 8.77. The Labute approximate surface area is 111 Å². The van der Waals surface area contributed by atoms with Crippen LogP contribution in [0.1, 0.15) is 13.3 Å². The van der Waals surface area contributed by atoms with Crippen LogP contribution in [0.5, 0.6) is 0 Å². The monoisotopic (exact) mass is 285 g/mol. The number of sulfonamides is 1. The summed E-state index contributed by atoms with van der Waals surface area (Å²) in [5.74, 6) is 0. The fraction of sp³-hybridized carbons (Fsp3) is 0.273. The Morgan fingerprint density at radius 3 is 2.74 bits per heavy atom. The molecule has 104 valence electrons. The second-order valence-electron chi connectivity index (χ2n) is 4.02. The highest BCUT2D eigenvalue weighted by molar-refractivity contribution is 7.89. The maximum absolute atomic E-state index is 12.0. The lowest BCUT2D eigenvalue weighted by Gasteiger charge is -2.12. The first kappa shape index (κ1) is 15.1. The second-order valence-corrected chi connectivity index (χ2v) is 5.74. The molecular weight excluding hydrogens is 270 g/mol. The summed E-state index contributed by atoms with van der Waals surface area (Å²) >= 11 is 0. The number of nitro benzene ring substituents is 1. The van der Waals surface area contributed by atoms with Crippen LogP contribution in [0.3, 0.4) is 0 Å². The van der Waals surface area contributed by atoms with Crippen molar-refractivity contribution in [3.8, 4) is 0 Å². The fourth-order valence-electron chi connectivity index (χ4n) is 1.48. The summed E-state index contributed by atoms with van der Waals surface area (Å²) in [6, 6.07) is 3.02. The van der Waals surface area contributed by atoms with Crippen LogP contribution in [0, 0.1) is 10.1 Å². The standard InChI is InChI=1S/C11H15N3O4S/c1-3-4-8(2)13-19(17,18)9-5-6-10(12)11(7-9)14(15)16/h3,5-8,13H,1,4,12H2,2H3. The summed E-state index contributed by atoms with van der Waals surface area (Å²) in [6.07, 6.45) is 2.04. The Bertz CT molecular complexity index is 598. The number of nitrogen functional groups attached to an aromatic ring is 1. The van der Waals surface area contributed by atoms with Crippen LogP contribution >= 0.6 is 0 Å². The normalized spacial score (nSPS) is 12.9. The van der Waals surface area contributed by atoms with E-state index in [0.717, 1.165) is 6.07 Å². The summed E-state index contributed by atoms with van der Waals surface area (Å²) in [5.41, 5.74) is 4.90. The van der Waals surface area contributed by atoms with E-state index in [-0.39, 0.29) is 16.6 Å². The zero-order chi connectivity index (χ0) is 14.6. The van der Waals surface area contributed by atoms with Crippen molar-refractivity contribution in [2.24, 2.45) is 0 Å². The molecule has 7 nitrogen and oxygen atoms in total. The molecule has 0 spiro atoms. The number of anilines is 1. The van der Waals surface area contributed by atoms with Crippen molar-refractivity contribution in [2.45, 2.75) is 24.3 Å². The topological polar surface area (TPSA) is 115 Å².